The molecule has 4 nitrogen and oxygen atoms in total. The van der Waals surface area contributed by atoms with E-state index in [0.29, 0.717) is 11.3 Å². The van der Waals surface area contributed by atoms with Crippen LogP contribution in [0.5, 0.6) is 0 Å². The predicted molar refractivity (Wildman–Crippen MR) is 69.7 cm³/mol. The molecule has 0 atom stereocenters. The van der Waals surface area contributed by atoms with Crippen molar-refractivity contribution in [1.29, 1.82) is 0 Å². The van der Waals surface area contributed by atoms with Crippen LogP contribution in [-0.2, 0) is 14.3 Å². The molecule has 0 aromatic heterocycles. The highest BCUT2D eigenvalue weighted by Gasteiger charge is 2.39. The van der Waals surface area contributed by atoms with E-state index < -0.39 is 0 Å². The Bertz CT molecular complexity index is 408. The molecule has 102 valence electrons. The third-order valence-electron chi connectivity index (χ3n) is 2.89. The van der Waals surface area contributed by atoms with Crippen LogP contribution in [0.25, 0.3) is 0 Å². The lowest BCUT2D eigenvalue weighted by Gasteiger charge is -2.30. The fourth-order valence-corrected chi connectivity index (χ4v) is 1.93. The molecule has 0 aromatic carbocycles. The van der Waals surface area contributed by atoms with E-state index in [1.165, 1.54) is 7.05 Å². The number of rotatable bonds is 0. The zero-order valence-electron chi connectivity index (χ0n) is 12.4. The van der Waals surface area contributed by atoms with E-state index in [1.54, 1.807) is 0 Å². The lowest BCUT2D eigenvalue weighted by molar-refractivity contribution is -0.142. The van der Waals surface area contributed by atoms with E-state index in [9.17, 15) is 9.59 Å². The molecular weight excluding hydrogens is 230 g/mol. The minimum absolute atomic E-state index is 0.0750. The SMILES string of the molecule is CN1C(=O)COC(C(C)(C)C)=C(C(C)(C)C)C1=O. The Hall–Kier alpha value is -1.32. The molecule has 1 heterocycles. The Labute approximate surface area is 109 Å². The van der Waals surface area contributed by atoms with Crippen molar-refractivity contribution in [2.75, 3.05) is 13.7 Å². The molecule has 0 unspecified atom stereocenters. The van der Waals surface area contributed by atoms with Crippen LogP contribution in [-0.4, -0.2) is 30.4 Å². The van der Waals surface area contributed by atoms with Crippen molar-refractivity contribution >= 4 is 11.8 Å². The lowest BCUT2D eigenvalue weighted by atomic mass is 9.79. The maximum Gasteiger partial charge on any atom is 0.267 e. The molecule has 0 radical (unpaired) electrons. The summed E-state index contributed by atoms with van der Waals surface area (Å²) in [6, 6.07) is 0. The molecule has 0 N–H and O–H groups in total. The standard InChI is InChI=1S/C14H23NO3/c1-13(2,3)10-11(14(4,5)6)18-8-9(16)15(7)12(10)17/h8H2,1-7H3. The van der Waals surface area contributed by atoms with Gasteiger partial charge in [0.1, 0.15) is 5.76 Å². The summed E-state index contributed by atoms with van der Waals surface area (Å²) in [6.45, 7) is 11.7. The van der Waals surface area contributed by atoms with E-state index in [2.05, 4.69) is 0 Å². The first-order valence-corrected chi connectivity index (χ1v) is 6.15. The second-order valence-electron chi connectivity index (χ2n) is 6.75. The van der Waals surface area contributed by atoms with Gasteiger partial charge in [0, 0.05) is 12.5 Å². The molecule has 1 aliphatic heterocycles. The Kier molecular flexibility index (Phi) is 3.61. The van der Waals surface area contributed by atoms with Gasteiger partial charge in [0.05, 0.1) is 5.57 Å². The third kappa shape index (κ3) is 2.74. The van der Waals surface area contributed by atoms with Crippen LogP contribution in [0, 0.1) is 10.8 Å². The Morgan fingerprint density at radius 1 is 1.00 bits per heavy atom. The zero-order valence-corrected chi connectivity index (χ0v) is 12.4. The molecule has 0 fully saturated rings. The third-order valence-corrected chi connectivity index (χ3v) is 2.89. The highest BCUT2D eigenvalue weighted by atomic mass is 16.5. The highest BCUT2D eigenvalue weighted by molar-refractivity contribution is 6.06. The van der Waals surface area contributed by atoms with Gasteiger partial charge in [-0.3, -0.25) is 14.5 Å². The summed E-state index contributed by atoms with van der Waals surface area (Å²) >= 11 is 0. The molecule has 1 rings (SSSR count). The Morgan fingerprint density at radius 3 is 1.89 bits per heavy atom. The number of imide groups is 1. The quantitative estimate of drug-likeness (QED) is 0.623. The van der Waals surface area contributed by atoms with Crippen molar-refractivity contribution < 1.29 is 14.3 Å². The summed E-state index contributed by atoms with van der Waals surface area (Å²) in [5, 5.41) is 0. The molecule has 0 aliphatic carbocycles. The van der Waals surface area contributed by atoms with Crippen LogP contribution in [0.15, 0.2) is 11.3 Å². The van der Waals surface area contributed by atoms with Crippen molar-refractivity contribution in [3.8, 4) is 0 Å². The molecule has 18 heavy (non-hydrogen) atoms. The molecule has 0 saturated heterocycles. The van der Waals surface area contributed by atoms with Gasteiger partial charge in [-0.25, -0.2) is 0 Å². The van der Waals surface area contributed by atoms with Gasteiger partial charge in [-0.05, 0) is 5.41 Å². The van der Waals surface area contributed by atoms with Gasteiger partial charge < -0.3 is 4.74 Å². The number of hydrogen-bond acceptors (Lipinski definition) is 3. The summed E-state index contributed by atoms with van der Waals surface area (Å²) in [7, 11) is 1.51. The second-order valence-corrected chi connectivity index (χ2v) is 6.75. The first-order valence-electron chi connectivity index (χ1n) is 6.15. The van der Waals surface area contributed by atoms with Crippen molar-refractivity contribution in [3.05, 3.63) is 11.3 Å². The van der Waals surface area contributed by atoms with E-state index in [1.807, 2.05) is 41.5 Å². The van der Waals surface area contributed by atoms with Gasteiger partial charge in [-0.1, -0.05) is 41.5 Å². The Balaban J connectivity index is 3.47. The number of amides is 2. The maximum absolute atomic E-state index is 12.4. The lowest BCUT2D eigenvalue weighted by Crippen LogP contribution is -2.37. The van der Waals surface area contributed by atoms with Gasteiger partial charge in [0.15, 0.2) is 6.61 Å². The molecule has 0 aromatic rings. The van der Waals surface area contributed by atoms with E-state index in [-0.39, 0.29) is 29.3 Å². The average molecular weight is 253 g/mol. The van der Waals surface area contributed by atoms with Crippen LogP contribution in [0.2, 0.25) is 0 Å². The summed E-state index contributed by atoms with van der Waals surface area (Å²) in [5.41, 5.74) is -0.0779. The number of allylic oxidation sites excluding steroid dienone is 1. The molecule has 4 heteroatoms. The fraction of sp³-hybridized carbons (Fsp3) is 0.714. The summed E-state index contributed by atoms with van der Waals surface area (Å²) < 4.78 is 5.63. The number of hydrogen-bond donors (Lipinski definition) is 0. The van der Waals surface area contributed by atoms with Crippen LogP contribution >= 0.6 is 0 Å². The minimum atomic E-state index is -0.363. The van der Waals surface area contributed by atoms with Gasteiger partial charge in [0.2, 0.25) is 0 Å². The van der Waals surface area contributed by atoms with E-state index >= 15 is 0 Å². The normalized spacial score (nSPS) is 18.9. The van der Waals surface area contributed by atoms with Gasteiger partial charge in [-0.15, -0.1) is 0 Å². The van der Waals surface area contributed by atoms with Crippen molar-refractivity contribution in [2.45, 2.75) is 41.5 Å². The summed E-state index contributed by atoms with van der Waals surface area (Å²) in [4.78, 5) is 25.3. The first-order chi connectivity index (χ1) is 7.96. The first kappa shape index (κ1) is 14.7. The van der Waals surface area contributed by atoms with E-state index in [0.717, 1.165) is 4.90 Å². The predicted octanol–water partition coefficient (Wildman–Crippen LogP) is 2.35. The average Bonchev–Trinajstić information content (AvgIpc) is 2.27. The van der Waals surface area contributed by atoms with Crippen molar-refractivity contribution in [3.63, 3.8) is 0 Å². The number of carbonyl (C=O) groups excluding carboxylic acids is 2. The summed E-state index contributed by atoms with van der Waals surface area (Å²) in [6.07, 6.45) is 0. The van der Waals surface area contributed by atoms with Gasteiger partial charge in [0.25, 0.3) is 11.8 Å². The molecule has 0 saturated carbocycles. The molecular formula is C14H23NO3. The molecule has 1 aliphatic rings. The Morgan fingerprint density at radius 2 is 1.50 bits per heavy atom. The highest BCUT2D eigenvalue weighted by Crippen LogP contribution is 2.39. The van der Waals surface area contributed by atoms with Crippen LogP contribution in [0.3, 0.4) is 0 Å². The largest absolute Gasteiger partial charge is 0.487 e. The maximum atomic E-state index is 12.4. The number of carbonyl (C=O) groups is 2. The molecule has 2 amide bonds. The smallest absolute Gasteiger partial charge is 0.267 e. The summed E-state index contributed by atoms with van der Waals surface area (Å²) in [5.74, 6) is 0.0635. The van der Waals surface area contributed by atoms with Crippen LogP contribution < -0.4 is 0 Å². The fourth-order valence-electron chi connectivity index (χ4n) is 1.93. The van der Waals surface area contributed by atoms with Crippen LogP contribution in [0.1, 0.15) is 41.5 Å². The second kappa shape index (κ2) is 4.41. The van der Waals surface area contributed by atoms with Crippen molar-refractivity contribution in [1.82, 2.24) is 4.90 Å². The van der Waals surface area contributed by atoms with Gasteiger partial charge >= 0.3 is 0 Å². The molecule has 0 spiro atoms. The number of likely N-dealkylation sites (N-methyl/N-ethyl adjacent to an activating group) is 1. The van der Waals surface area contributed by atoms with Crippen LogP contribution in [0.4, 0.5) is 0 Å². The number of nitrogens with zero attached hydrogens (tertiary/aromatic N) is 1. The number of ether oxygens (including phenoxy) is 1. The molecule has 0 bridgehead atoms. The topological polar surface area (TPSA) is 46.6 Å². The monoisotopic (exact) mass is 253 g/mol. The minimum Gasteiger partial charge on any atom is -0.487 e. The van der Waals surface area contributed by atoms with Crippen molar-refractivity contribution in [2.24, 2.45) is 10.8 Å². The van der Waals surface area contributed by atoms with E-state index in [4.69, 9.17) is 4.74 Å². The van der Waals surface area contributed by atoms with Gasteiger partial charge in [-0.2, -0.15) is 0 Å². The zero-order chi connectivity index (χ0) is 14.3.